The van der Waals surface area contributed by atoms with Crippen LogP contribution < -0.4 is 29.6 Å². The summed E-state index contributed by atoms with van der Waals surface area (Å²) >= 11 is 5.43. The first-order valence-electron chi connectivity index (χ1n) is 3.31. The van der Waals surface area contributed by atoms with Gasteiger partial charge in [0.05, 0.1) is 15.9 Å². The van der Waals surface area contributed by atoms with Gasteiger partial charge in [0.25, 0.3) is 0 Å². The van der Waals surface area contributed by atoms with Crippen LogP contribution >= 0.6 is 11.8 Å². The summed E-state index contributed by atoms with van der Waals surface area (Å²) in [6.45, 7) is 1.16. The van der Waals surface area contributed by atoms with E-state index < -0.39 is 27.5 Å². The van der Waals surface area contributed by atoms with Crippen molar-refractivity contribution in [2.24, 2.45) is 0 Å². The Bertz CT molecular complexity index is 333. The van der Waals surface area contributed by atoms with Crippen LogP contribution in [0.15, 0.2) is 0 Å². The van der Waals surface area contributed by atoms with Crippen molar-refractivity contribution in [3.8, 4) is 0 Å². The van der Waals surface area contributed by atoms with E-state index in [0.29, 0.717) is 4.42 Å². The molecule has 0 aromatic carbocycles. The van der Waals surface area contributed by atoms with Crippen molar-refractivity contribution in [2.45, 2.75) is 12.5 Å². The second-order valence-electron chi connectivity index (χ2n) is 3.03. The minimum atomic E-state index is -4.43. The maximum absolute atomic E-state index is 10.8. The monoisotopic (exact) mass is 251 g/mol. The van der Waals surface area contributed by atoms with E-state index in [0.717, 1.165) is 0 Å². The zero-order valence-electron chi connectivity index (χ0n) is 7.69. The fraction of sp³-hybridized carbons (Fsp3) is 0.800. The van der Waals surface area contributed by atoms with E-state index in [9.17, 15) is 17.8 Å². The van der Waals surface area contributed by atoms with Gasteiger partial charge in [-0.3, -0.25) is 0 Å². The third-order valence-electron chi connectivity index (χ3n) is 1.63. The molecule has 1 rings (SSSR count). The zero-order chi connectivity index (χ0) is 10.3. The van der Waals surface area contributed by atoms with E-state index in [4.69, 9.17) is 11.8 Å². The van der Waals surface area contributed by atoms with Gasteiger partial charge >= 0.3 is 35.7 Å². The summed E-state index contributed by atoms with van der Waals surface area (Å²) in [5.74, 6) is -0.755. The van der Waals surface area contributed by atoms with Gasteiger partial charge in [-0.15, -0.1) is 0 Å². The van der Waals surface area contributed by atoms with Gasteiger partial charge in [0.15, 0.2) is 0 Å². The van der Waals surface area contributed by atoms with Crippen molar-refractivity contribution in [1.82, 2.24) is 4.42 Å². The molecule has 0 aromatic rings. The molecule has 1 fully saturated rings. The molecule has 0 aromatic heterocycles. The molecule has 1 saturated heterocycles. The molecule has 0 radical (unpaired) electrons. The molecule has 9 heteroatoms. The minimum Gasteiger partial charge on any atom is -0.748 e. The molecule has 1 amide bonds. The summed E-state index contributed by atoms with van der Waals surface area (Å²) in [6, 6.07) is 0. The van der Waals surface area contributed by atoms with Gasteiger partial charge in [0.1, 0.15) is 12.1 Å². The molecule has 6 nitrogen and oxygen atoms in total. The van der Waals surface area contributed by atoms with E-state index in [1.54, 1.807) is 0 Å². The fourth-order valence-corrected chi connectivity index (χ4v) is 2.23. The quantitative estimate of drug-likeness (QED) is 0.295. The number of amides is 1. The molecule has 0 aliphatic carbocycles. The number of carbonyl (C=O) groups excluding carboxylic acids is 1. The van der Waals surface area contributed by atoms with Crippen LogP contribution in [0.5, 0.6) is 0 Å². The summed E-state index contributed by atoms with van der Waals surface area (Å²) in [7, 11) is -4.43. The predicted molar refractivity (Wildman–Crippen MR) is 42.0 cm³/mol. The number of ether oxygens (including phenoxy) is 1. The van der Waals surface area contributed by atoms with Gasteiger partial charge < -0.3 is 9.29 Å². The molecular formula is C5H7ClNNaO5S. The third kappa shape index (κ3) is 3.25. The summed E-state index contributed by atoms with van der Waals surface area (Å²) in [4.78, 5) is 10.8. The number of rotatable bonds is 2. The largest absolute Gasteiger partial charge is 1.00 e. The molecule has 76 valence electrons. The number of cyclic esters (lactones) is 1. The smallest absolute Gasteiger partial charge is 0.748 e. The van der Waals surface area contributed by atoms with Crippen molar-refractivity contribution in [3.63, 3.8) is 0 Å². The van der Waals surface area contributed by atoms with Crippen molar-refractivity contribution >= 4 is 28.0 Å². The Morgan fingerprint density at radius 2 is 2.21 bits per heavy atom. The van der Waals surface area contributed by atoms with Crippen LogP contribution in [0.1, 0.15) is 6.92 Å². The summed E-state index contributed by atoms with van der Waals surface area (Å²) < 4.78 is 36.4. The van der Waals surface area contributed by atoms with Crippen LogP contribution in [0.4, 0.5) is 4.79 Å². The number of hydrogen-bond donors (Lipinski definition) is 0. The molecule has 1 unspecified atom stereocenters. The van der Waals surface area contributed by atoms with E-state index in [2.05, 4.69) is 4.74 Å². The molecular weight excluding hydrogens is 245 g/mol. The Labute approximate surface area is 109 Å². The normalized spacial score (nSPS) is 27.1. The molecule has 1 atom stereocenters. The minimum absolute atomic E-state index is 0. The standard InChI is InChI=1S/C5H8ClNO5S.Na/c1-5(3-13(9,10)11)2-12-4(8)7(5)6;/h2-3H2,1H3,(H,9,10,11);/q;+1/p-1. The van der Waals surface area contributed by atoms with E-state index >= 15 is 0 Å². The number of carbonyl (C=O) groups is 1. The Balaban J connectivity index is 0.00000169. The van der Waals surface area contributed by atoms with Gasteiger partial charge in [-0.25, -0.2) is 17.6 Å². The van der Waals surface area contributed by atoms with Crippen LogP contribution in [0.2, 0.25) is 0 Å². The topological polar surface area (TPSA) is 86.7 Å². The number of halogens is 1. The van der Waals surface area contributed by atoms with Crippen LogP contribution in [-0.4, -0.2) is 41.4 Å². The van der Waals surface area contributed by atoms with Crippen molar-refractivity contribution in [1.29, 1.82) is 0 Å². The third-order valence-corrected chi connectivity index (χ3v) is 3.15. The molecule has 0 bridgehead atoms. The first-order chi connectivity index (χ1) is 5.75. The number of hydrogen-bond acceptors (Lipinski definition) is 5. The molecule has 1 heterocycles. The van der Waals surface area contributed by atoms with Gasteiger partial charge in [-0.05, 0) is 6.92 Å². The maximum atomic E-state index is 10.8. The predicted octanol–water partition coefficient (Wildman–Crippen LogP) is -3.10. The van der Waals surface area contributed by atoms with E-state index in [1.807, 2.05) is 0 Å². The van der Waals surface area contributed by atoms with Gasteiger partial charge in [-0.2, -0.15) is 0 Å². The molecule has 0 spiro atoms. The summed E-state index contributed by atoms with van der Waals surface area (Å²) in [5, 5.41) is 0. The average molecular weight is 252 g/mol. The van der Waals surface area contributed by atoms with Gasteiger partial charge in [0.2, 0.25) is 0 Å². The Hall–Kier alpha value is 0.470. The molecule has 1 aliphatic heterocycles. The number of nitrogens with zero attached hydrogens (tertiary/aromatic N) is 1. The Morgan fingerprint density at radius 1 is 1.71 bits per heavy atom. The second kappa shape index (κ2) is 4.54. The van der Waals surface area contributed by atoms with Crippen molar-refractivity contribution in [3.05, 3.63) is 0 Å². The van der Waals surface area contributed by atoms with Crippen molar-refractivity contribution < 1.29 is 52.1 Å². The van der Waals surface area contributed by atoms with Crippen LogP contribution in [0.3, 0.4) is 0 Å². The maximum Gasteiger partial charge on any atom is 1.00 e. The fourth-order valence-electron chi connectivity index (χ4n) is 1.03. The van der Waals surface area contributed by atoms with Crippen LogP contribution in [0, 0.1) is 0 Å². The van der Waals surface area contributed by atoms with E-state index in [-0.39, 0.29) is 36.2 Å². The first kappa shape index (κ1) is 14.5. The van der Waals surface area contributed by atoms with Crippen LogP contribution in [-0.2, 0) is 14.9 Å². The second-order valence-corrected chi connectivity index (χ2v) is 4.78. The summed E-state index contributed by atoms with van der Waals surface area (Å²) in [5.41, 5.74) is -1.26. The molecule has 0 N–H and O–H groups in total. The summed E-state index contributed by atoms with van der Waals surface area (Å²) in [6.07, 6.45) is -0.840. The molecule has 1 aliphatic rings. The zero-order valence-corrected chi connectivity index (χ0v) is 11.3. The average Bonchev–Trinajstić information content (AvgIpc) is 2.14. The first-order valence-corrected chi connectivity index (χ1v) is 5.22. The van der Waals surface area contributed by atoms with Crippen molar-refractivity contribution in [2.75, 3.05) is 12.4 Å². The molecule has 0 saturated carbocycles. The Morgan fingerprint density at radius 3 is 2.50 bits per heavy atom. The van der Waals surface area contributed by atoms with E-state index in [1.165, 1.54) is 6.92 Å². The Kier molecular flexibility index (Phi) is 4.70. The van der Waals surface area contributed by atoms with Gasteiger partial charge in [0, 0.05) is 11.8 Å². The van der Waals surface area contributed by atoms with Crippen LogP contribution in [0.25, 0.3) is 0 Å². The SMILES string of the molecule is CC1(CS(=O)(=O)[O-])COC(=O)N1Cl.[Na+]. The van der Waals surface area contributed by atoms with Gasteiger partial charge in [-0.1, -0.05) is 0 Å². The molecule has 14 heavy (non-hydrogen) atoms.